The van der Waals surface area contributed by atoms with E-state index in [-0.39, 0.29) is 4.90 Å². The molecule has 134 valence electrons. The van der Waals surface area contributed by atoms with Gasteiger partial charge in [-0.25, -0.2) is 13.4 Å². The minimum Gasteiger partial charge on any atom is -0.379 e. The Bertz CT molecular complexity index is 821. The summed E-state index contributed by atoms with van der Waals surface area (Å²) < 4.78 is 31.8. The fourth-order valence-corrected chi connectivity index (χ4v) is 4.24. The Morgan fingerprint density at radius 2 is 2.00 bits per heavy atom. The first-order chi connectivity index (χ1) is 12.0. The number of anilines is 1. The highest BCUT2D eigenvalue weighted by Gasteiger charge is 2.26. The summed E-state index contributed by atoms with van der Waals surface area (Å²) in [5.41, 5.74) is 1.06. The number of benzene rings is 1. The van der Waals surface area contributed by atoms with Crippen molar-refractivity contribution in [3.63, 3.8) is 0 Å². The zero-order chi connectivity index (χ0) is 17.9. The lowest BCUT2D eigenvalue weighted by Gasteiger charge is -2.26. The van der Waals surface area contributed by atoms with E-state index in [1.807, 2.05) is 36.2 Å². The van der Waals surface area contributed by atoms with Gasteiger partial charge in [-0.3, -0.25) is 0 Å². The molecule has 0 bridgehead atoms. The SMILES string of the molecule is CN(Cc1cccc(Cl)c1)c1ccc(S(=O)(=O)N2CCOCC2)cn1. The zero-order valence-electron chi connectivity index (χ0n) is 13.9. The van der Waals surface area contributed by atoms with E-state index >= 15 is 0 Å². The fourth-order valence-electron chi connectivity index (χ4n) is 2.68. The first-order valence-corrected chi connectivity index (χ1v) is 9.78. The molecule has 1 aliphatic rings. The molecule has 0 spiro atoms. The molecule has 1 aromatic heterocycles. The predicted molar refractivity (Wildman–Crippen MR) is 97.4 cm³/mol. The first kappa shape index (κ1) is 18.1. The van der Waals surface area contributed by atoms with Crippen molar-refractivity contribution < 1.29 is 13.2 Å². The Hall–Kier alpha value is -1.67. The lowest BCUT2D eigenvalue weighted by Crippen LogP contribution is -2.40. The van der Waals surface area contributed by atoms with Crippen LogP contribution in [0.1, 0.15) is 5.56 Å². The second kappa shape index (κ2) is 7.70. The van der Waals surface area contributed by atoms with Gasteiger partial charge in [-0.2, -0.15) is 4.31 Å². The van der Waals surface area contributed by atoms with Crippen molar-refractivity contribution >= 4 is 27.4 Å². The van der Waals surface area contributed by atoms with Crippen molar-refractivity contribution in [1.29, 1.82) is 0 Å². The van der Waals surface area contributed by atoms with Gasteiger partial charge in [0.2, 0.25) is 10.0 Å². The molecule has 0 radical (unpaired) electrons. The van der Waals surface area contributed by atoms with Crippen molar-refractivity contribution in [2.24, 2.45) is 0 Å². The maximum atomic E-state index is 12.6. The monoisotopic (exact) mass is 381 g/mol. The number of aromatic nitrogens is 1. The Labute approximate surface area is 153 Å². The Morgan fingerprint density at radius 3 is 2.64 bits per heavy atom. The second-order valence-electron chi connectivity index (χ2n) is 5.85. The van der Waals surface area contributed by atoms with E-state index in [0.29, 0.717) is 43.7 Å². The van der Waals surface area contributed by atoms with Crippen LogP contribution in [0.5, 0.6) is 0 Å². The normalized spacial score (nSPS) is 15.9. The van der Waals surface area contributed by atoms with Gasteiger partial charge >= 0.3 is 0 Å². The number of halogens is 1. The molecule has 0 amide bonds. The van der Waals surface area contributed by atoms with Crippen molar-refractivity contribution in [1.82, 2.24) is 9.29 Å². The highest BCUT2D eigenvalue weighted by Crippen LogP contribution is 2.20. The van der Waals surface area contributed by atoms with E-state index in [1.54, 1.807) is 12.1 Å². The molecule has 0 N–H and O–H groups in total. The number of pyridine rings is 1. The topological polar surface area (TPSA) is 62.7 Å². The molecule has 1 aliphatic heterocycles. The summed E-state index contributed by atoms with van der Waals surface area (Å²) in [5.74, 6) is 0.695. The minimum absolute atomic E-state index is 0.203. The number of sulfonamides is 1. The molecule has 2 heterocycles. The van der Waals surface area contributed by atoms with Crippen molar-refractivity contribution in [3.05, 3.63) is 53.2 Å². The Morgan fingerprint density at radius 1 is 1.24 bits per heavy atom. The van der Waals surface area contributed by atoms with Crippen LogP contribution in [0.2, 0.25) is 5.02 Å². The first-order valence-electron chi connectivity index (χ1n) is 7.96. The summed E-state index contributed by atoms with van der Waals surface area (Å²) in [4.78, 5) is 6.46. The van der Waals surface area contributed by atoms with Gasteiger partial charge in [0, 0.05) is 37.9 Å². The lowest BCUT2D eigenvalue weighted by molar-refractivity contribution is 0.0730. The molecule has 1 aromatic carbocycles. The summed E-state index contributed by atoms with van der Waals surface area (Å²) in [6.45, 7) is 2.22. The Balaban J connectivity index is 1.73. The molecule has 1 saturated heterocycles. The van der Waals surface area contributed by atoms with Gasteiger partial charge in [0.25, 0.3) is 0 Å². The third kappa shape index (κ3) is 4.30. The number of hydrogen-bond acceptors (Lipinski definition) is 5. The van der Waals surface area contributed by atoms with E-state index in [4.69, 9.17) is 16.3 Å². The molecule has 0 aliphatic carbocycles. The number of hydrogen-bond donors (Lipinski definition) is 0. The highest BCUT2D eigenvalue weighted by molar-refractivity contribution is 7.89. The summed E-state index contributed by atoms with van der Waals surface area (Å²) >= 11 is 6.00. The zero-order valence-corrected chi connectivity index (χ0v) is 15.5. The fraction of sp³-hybridized carbons (Fsp3) is 0.353. The average Bonchev–Trinajstić information content (AvgIpc) is 2.62. The number of rotatable bonds is 5. The molecule has 2 aromatic rings. The molecule has 0 saturated carbocycles. The summed E-state index contributed by atoms with van der Waals surface area (Å²) in [6, 6.07) is 10.9. The summed E-state index contributed by atoms with van der Waals surface area (Å²) in [6.07, 6.45) is 1.41. The van der Waals surface area contributed by atoms with Crippen molar-refractivity contribution in [2.75, 3.05) is 38.3 Å². The molecule has 0 unspecified atom stereocenters. The van der Waals surface area contributed by atoms with Gasteiger partial charge in [0.15, 0.2) is 0 Å². The number of ether oxygens (including phenoxy) is 1. The molecular formula is C17H20ClN3O3S. The van der Waals surface area contributed by atoms with E-state index in [1.165, 1.54) is 10.5 Å². The van der Waals surface area contributed by atoms with Crippen LogP contribution in [0.4, 0.5) is 5.82 Å². The van der Waals surface area contributed by atoms with Gasteiger partial charge in [-0.1, -0.05) is 23.7 Å². The summed E-state index contributed by atoms with van der Waals surface area (Å²) in [7, 11) is -1.61. The van der Waals surface area contributed by atoms with Gasteiger partial charge in [-0.05, 0) is 29.8 Å². The molecule has 25 heavy (non-hydrogen) atoms. The van der Waals surface area contributed by atoms with Gasteiger partial charge in [0.05, 0.1) is 13.2 Å². The lowest BCUT2D eigenvalue weighted by atomic mass is 10.2. The molecule has 3 rings (SSSR count). The van der Waals surface area contributed by atoms with Crippen molar-refractivity contribution in [3.8, 4) is 0 Å². The molecule has 8 heteroatoms. The molecule has 6 nitrogen and oxygen atoms in total. The van der Waals surface area contributed by atoms with E-state index in [0.717, 1.165) is 5.56 Å². The highest BCUT2D eigenvalue weighted by atomic mass is 35.5. The van der Waals surface area contributed by atoms with Crippen LogP contribution in [0.25, 0.3) is 0 Å². The largest absolute Gasteiger partial charge is 0.379 e. The maximum absolute atomic E-state index is 12.6. The van der Waals surface area contributed by atoms with E-state index in [9.17, 15) is 8.42 Å². The number of morpholine rings is 1. The van der Waals surface area contributed by atoms with Gasteiger partial charge in [-0.15, -0.1) is 0 Å². The van der Waals surface area contributed by atoms with Crippen molar-refractivity contribution in [2.45, 2.75) is 11.4 Å². The molecule has 1 fully saturated rings. The minimum atomic E-state index is -3.51. The second-order valence-corrected chi connectivity index (χ2v) is 8.23. The average molecular weight is 382 g/mol. The van der Waals surface area contributed by atoms with Gasteiger partial charge < -0.3 is 9.64 Å². The standard InChI is InChI=1S/C17H20ClN3O3S/c1-20(13-14-3-2-4-15(18)11-14)17-6-5-16(12-19-17)25(22,23)21-7-9-24-10-8-21/h2-6,11-12H,7-10,13H2,1H3. The van der Waals surface area contributed by atoms with Crippen LogP contribution in [0, 0.1) is 0 Å². The van der Waals surface area contributed by atoms with Crippen LogP contribution in [0.3, 0.4) is 0 Å². The van der Waals surface area contributed by atoms with Crippen LogP contribution in [-0.2, 0) is 21.3 Å². The smallest absolute Gasteiger partial charge is 0.244 e. The molecule has 0 atom stereocenters. The van der Waals surface area contributed by atoms with Crippen LogP contribution in [-0.4, -0.2) is 51.1 Å². The van der Waals surface area contributed by atoms with Crippen LogP contribution >= 0.6 is 11.6 Å². The Kier molecular flexibility index (Phi) is 5.58. The van der Waals surface area contributed by atoms with Gasteiger partial charge in [0.1, 0.15) is 10.7 Å². The predicted octanol–water partition coefficient (Wildman–Crippen LogP) is 2.39. The number of nitrogens with zero attached hydrogens (tertiary/aromatic N) is 3. The third-order valence-corrected chi connectivity index (χ3v) is 6.15. The molecular weight excluding hydrogens is 362 g/mol. The van der Waals surface area contributed by atoms with E-state index in [2.05, 4.69) is 4.98 Å². The summed E-state index contributed by atoms with van der Waals surface area (Å²) in [5, 5.41) is 0.686. The van der Waals surface area contributed by atoms with E-state index < -0.39 is 10.0 Å². The van der Waals surface area contributed by atoms with Crippen LogP contribution < -0.4 is 4.90 Å². The third-order valence-electron chi connectivity index (χ3n) is 4.03. The quantitative estimate of drug-likeness (QED) is 0.795. The van der Waals surface area contributed by atoms with Crippen LogP contribution in [0.15, 0.2) is 47.5 Å². The maximum Gasteiger partial charge on any atom is 0.244 e.